The van der Waals surface area contributed by atoms with Crippen LogP contribution in [0.25, 0.3) is 0 Å². The molecule has 2 aromatic carbocycles. The van der Waals surface area contributed by atoms with Crippen LogP contribution in [-0.4, -0.2) is 25.0 Å². The van der Waals surface area contributed by atoms with Crippen molar-refractivity contribution in [3.8, 4) is 0 Å². The number of rotatable bonds is 3. The van der Waals surface area contributed by atoms with Crippen molar-refractivity contribution < 1.29 is 4.79 Å². The van der Waals surface area contributed by atoms with Gasteiger partial charge < -0.3 is 10.6 Å². The Hall–Kier alpha value is -2.13. The van der Waals surface area contributed by atoms with Crippen molar-refractivity contribution in [2.24, 2.45) is 5.92 Å². The van der Waals surface area contributed by atoms with Crippen LogP contribution in [0.4, 0.5) is 0 Å². The van der Waals surface area contributed by atoms with Gasteiger partial charge in [-0.15, -0.1) is 0 Å². The summed E-state index contributed by atoms with van der Waals surface area (Å²) < 4.78 is 0. The van der Waals surface area contributed by atoms with Crippen molar-refractivity contribution in [1.82, 2.24) is 10.6 Å². The second-order valence-corrected chi connectivity index (χ2v) is 7.22. The van der Waals surface area contributed by atoms with Gasteiger partial charge in [-0.25, -0.2) is 0 Å². The van der Waals surface area contributed by atoms with E-state index in [4.69, 9.17) is 0 Å². The van der Waals surface area contributed by atoms with Crippen LogP contribution in [0.15, 0.2) is 60.7 Å². The van der Waals surface area contributed by atoms with E-state index in [0.717, 1.165) is 12.8 Å². The molecule has 3 nitrogen and oxygen atoms in total. The number of likely N-dealkylation sites (N-methyl/N-ethyl adjacent to an activating group) is 1. The van der Waals surface area contributed by atoms with Crippen LogP contribution >= 0.6 is 0 Å². The topological polar surface area (TPSA) is 41.1 Å². The van der Waals surface area contributed by atoms with Gasteiger partial charge in [0.25, 0.3) is 0 Å². The molecule has 1 saturated carbocycles. The number of nitrogens with one attached hydrogen (secondary N) is 2. The maximum atomic E-state index is 13.0. The fraction of sp³-hybridized carbons (Fsp3) is 0.381. The summed E-state index contributed by atoms with van der Waals surface area (Å²) in [6, 6.07) is 21.1. The maximum Gasteiger partial charge on any atom is 0.224 e. The van der Waals surface area contributed by atoms with Gasteiger partial charge in [0.15, 0.2) is 0 Å². The van der Waals surface area contributed by atoms with Gasteiger partial charge in [-0.1, -0.05) is 60.7 Å². The maximum absolute atomic E-state index is 13.0. The molecule has 0 radical (unpaired) electrons. The largest absolute Gasteiger partial charge is 0.354 e. The van der Waals surface area contributed by atoms with Crippen molar-refractivity contribution >= 4 is 5.91 Å². The number of carbonyl (C=O) groups excluding carboxylic acids is 1. The van der Waals surface area contributed by atoms with E-state index in [1.807, 2.05) is 19.2 Å². The summed E-state index contributed by atoms with van der Waals surface area (Å²) in [6.45, 7) is 0.714. The molecule has 2 bridgehead atoms. The minimum Gasteiger partial charge on any atom is -0.354 e. The molecule has 2 aliphatic heterocycles. The SMILES string of the molecule is CNC12CNC(=O)C(C(c3ccccc3)C1)C(c1ccccc1)C2. The molecule has 5 rings (SSSR count). The van der Waals surface area contributed by atoms with E-state index >= 15 is 0 Å². The zero-order chi connectivity index (χ0) is 16.6. The molecule has 0 aromatic heterocycles. The highest BCUT2D eigenvalue weighted by atomic mass is 16.2. The molecule has 24 heavy (non-hydrogen) atoms. The number of amides is 1. The molecule has 1 aliphatic carbocycles. The molecule has 2 unspecified atom stereocenters. The average Bonchev–Trinajstić information content (AvgIpc) is 2.89. The Kier molecular flexibility index (Phi) is 3.89. The molecule has 1 amide bonds. The normalized spacial score (nSPS) is 32.2. The lowest BCUT2D eigenvalue weighted by Gasteiger charge is -2.45. The Morgan fingerprint density at radius 2 is 1.42 bits per heavy atom. The molecule has 2 aromatic rings. The van der Waals surface area contributed by atoms with Crippen molar-refractivity contribution in [1.29, 1.82) is 0 Å². The van der Waals surface area contributed by atoms with E-state index in [9.17, 15) is 4.79 Å². The van der Waals surface area contributed by atoms with Crippen LogP contribution < -0.4 is 10.6 Å². The minimum atomic E-state index is -0.0380. The van der Waals surface area contributed by atoms with Crippen molar-refractivity contribution in [2.75, 3.05) is 13.6 Å². The van der Waals surface area contributed by atoms with E-state index in [0.29, 0.717) is 6.54 Å². The van der Waals surface area contributed by atoms with E-state index in [-0.39, 0.29) is 29.2 Å². The summed E-state index contributed by atoms with van der Waals surface area (Å²) >= 11 is 0. The third kappa shape index (κ3) is 2.53. The zero-order valence-corrected chi connectivity index (χ0v) is 14.0. The molecule has 2 saturated heterocycles. The predicted molar refractivity (Wildman–Crippen MR) is 95.9 cm³/mol. The van der Waals surface area contributed by atoms with Crippen LogP contribution in [0.3, 0.4) is 0 Å². The smallest absolute Gasteiger partial charge is 0.224 e. The van der Waals surface area contributed by atoms with Gasteiger partial charge in [-0.2, -0.15) is 0 Å². The fourth-order valence-electron chi connectivity index (χ4n) is 4.69. The van der Waals surface area contributed by atoms with Crippen LogP contribution in [-0.2, 0) is 4.79 Å². The molecule has 2 atom stereocenters. The summed E-state index contributed by atoms with van der Waals surface area (Å²) in [5.74, 6) is 0.700. The van der Waals surface area contributed by atoms with Crippen molar-refractivity contribution in [3.63, 3.8) is 0 Å². The van der Waals surface area contributed by atoms with Crippen LogP contribution in [0.2, 0.25) is 0 Å². The highest BCUT2D eigenvalue weighted by Crippen LogP contribution is 2.51. The second-order valence-electron chi connectivity index (χ2n) is 7.22. The van der Waals surface area contributed by atoms with Gasteiger partial charge >= 0.3 is 0 Å². The van der Waals surface area contributed by atoms with Gasteiger partial charge in [0, 0.05) is 12.1 Å². The van der Waals surface area contributed by atoms with Gasteiger partial charge in [0.1, 0.15) is 0 Å². The van der Waals surface area contributed by atoms with Gasteiger partial charge in [-0.05, 0) is 42.9 Å². The van der Waals surface area contributed by atoms with Crippen molar-refractivity contribution in [3.05, 3.63) is 71.8 Å². The highest BCUT2D eigenvalue weighted by molar-refractivity contribution is 5.82. The van der Waals surface area contributed by atoms with E-state index in [1.165, 1.54) is 11.1 Å². The number of hydrogen-bond acceptors (Lipinski definition) is 2. The third-order valence-corrected chi connectivity index (χ3v) is 5.98. The van der Waals surface area contributed by atoms with Crippen LogP contribution in [0.5, 0.6) is 0 Å². The Labute approximate surface area is 143 Å². The molecular formula is C21H24N2O. The summed E-state index contributed by atoms with van der Waals surface area (Å²) in [5, 5.41) is 6.75. The Morgan fingerprint density at radius 3 is 1.88 bits per heavy atom. The summed E-state index contributed by atoms with van der Waals surface area (Å²) in [5.41, 5.74) is 2.52. The summed E-state index contributed by atoms with van der Waals surface area (Å²) in [6.07, 6.45) is 2.00. The molecule has 3 aliphatic rings. The molecule has 2 N–H and O–H groups in total. The Morgan fingerprint density at radius 1 is 0.917 bits per heavy atom. The first-order valence-corrected chi connectivity index (χ1v) is 8.79. The second kappa shape index (κ2) is 6.06. The number of benzene rings is 2. The average molecular weight is 320 g/mol. The van der Waals surface area contributed by atoms with Gasteiger partial charge in [0.05, 0.1) is 5.92 Å². The molecule has 2 heterocycles. The van der Waals surface area contributed by atoms with Gasteiger partial charge in [0.2, 0.25) is 5.91 Å². The number of carbonyl (C=O) groups is 1. The predicted octanol–water partition coefficient (Wildman–Crippen LogP) is 3.05. The van der Waals surface area contributed by atoms with Crippen molar-refractivity contribution in [2.45, 2.75) is 30.2 Å². The fourth-order valence-corrected chi connectivity index (χ4v) is 4.69. The molecule has 0 spiro atoms. The van der Waals surface area contributed by atoms with Crippen LogP contribution in [0, 0.1) is 5.92 Å². The quantitative estimate of drug-likeness (QED) is 0.912. The Balaban J connectivity index is 1.82. The summed E-state index contributed by atoms with van der Waals surface area (Å²) in [7, 11) is 2.03. The zero-order valence-electron chi connectivity index (χ0n) is 14.0. The van der Waals surface area contributed by atoms with Gasteiger partial charge in [-0.3, -0.25) is 4.79 Å². The monoisotopic (exact) mass is 320 g/mol. The lowest BCUT2D eigenvalue weighted by Crippen LogP contribution is -2.52. The highest BCUT2D eigenvalue weighted by Gasteiger charge is 2.51. The molecular weight excluding hydrogens is 296 g/mol. The first-order chi connectivity index (χ1) is 11.7. The molecule has 3 fully saturated rings. The Bertz CT molecular complexity index is 664. The van der Waals surface area contributed by atoms with E-state index in [1.54, 1.807) is 0 Å². The standard InChI is InChI=1S/C21H24N2O/c1-22-21-12-17(15-8-4-2-5-9-15)19(20(24)23-14-21)18(13-21)16-10-6-3-7-11-16/h2-11,17-19,22H,12-14H2,1H3,(H,23,24). The molecule has 3 heteroatoms. The van der Waals surface area contributed by atoms with E-state index < -0.39 is 0 Å². The first kappa shape index (κ1) is 15.4. The van der Waals surface area contributed by atoms with E-state index in [2.05, 4.69) is 59.2 Å². The first-order valence-electron chi connectivity index (χ1n) is 8.79. The number of hydrogen-bond donors (Lipinski definition) is 2. The molecule has 124 valence electrons. The number of fused-ring (bicyclic) bond motifs is 4. The summed E-state index contributed by atoms with van der Waals surface area (Å²) in [4.78, 5) is 13.0. The van der Waals surface area contributed by atoms with Crippen LogP contribution in [0.1, 0.15) is 35.8 Å². The minimum absolute atomic E-state index is 0.00113. The third-order valence-electron chi connectivity index (χ3n) is 5.98. The lowest BCUT2D eigenvalue weighted by atomic mass is 9.61. The lowest BCUT2D eigenvalue weighted by molar-refractivity contribution is -0.125.